The van der Waals surface area contributed by atoms with Gasteiger partial charge in [-0.05, 0) is 64.0 Å². The van der Waals surface area contributed by atoms with Gasteiger partial charge in [-0.1, -0.05) is 0 Å². The van der Waals surface area contributed by atoms with E-state index in [0.717, 1.165) is 62.2 Å². The lowest BCUT2D eigenvalue weighted by atomic mass is 10.0. The Labute approximate surface area is 219 Å². The molecule has 10 nitrogen and oxygen atoms in total. The minimum atomic E-state index is -3.59. The highest BCUT2D eigenvalue weighted by molar-refractivity contribution is 7.89. The van der Waals surface area contributed by atoms with Crippen LogP contribution in [-0.4, -0.2) is 79.1 Å². The molecule has 2 atom stereocenters. The number of sulfonamides is 1. The van der Waals surface area contributed by atoms with E-state index in [9.17, 15) is 13.7 Å². The van der Waals surface area contributed by atoms with Gasteiger partial charge in [0, 0.05) is 57.6 Å². The summed E-state index contributed by atoms with van der Waals surface area (Å²) >= 11 is 0. The van der Waals surface area contributed by atoms with Crippen LogP contribution in [0.15, 0.2) is 41.6 Å². The van der Waals surface area contributed by atoms with Gasteiger partial charge in [0.15, 0.2) is 0 Å². The largest absolute Gasteiger partial charge is 0.370 e. The molecule has 5 rings (SSSR count). The monoisotopic (exact) mass is 525 g/mol. The van der Waals surface area contributed by atoms with Crippen LogP contribution in [-0.2, 0) is 21.8 Å². The van der Waals surface area contributed by atoms with Gasteiger partial charge in [-0.3, -0.25) is 9.67 Å². The number of fused-ring (bicyclic) bond motifs is 1. The Morgan fingerprint density at radius 2 is 2.03 bits per heavy atom. The Hall–Kier alpha value is -3.04. The van der Waals surface area contributed by atoms with E-state index in [-0.39, 0.29) is 24.6 Å². The van der Waals surface area contributed by atoms with Crippen molar-refractivity contribution in [3.05, 3.63) is 47.9 Å². The molecule has 3 aromatic rings. The molecule has 198 valence electrons. The number of rotatable bonds is 6. The number of pyridine rings is 1. The molecule has 2 fully saturated rings. The number of hydrogen-bond donors (Lipinski definition) is 1. The summed E-state index contributed by atoms with van der Waals surface area (Å²) in [5.74, 6) is 0. The standard InChI is InChI=1S/C26H33N7O3S.H2/c1-18-14-33(24-7-6-20(13-27)26-23(24)5-4-10-28-26)16-22(36-18)15-32-11-8-21(9-12-32)30-37(34,35)25-17-31(3)29-19(25)2;/h4-7,10,17-18,21-22,30H,8-9,11-12,14-16H2,1-3H3;1H/t18-,22+;/m1./s1. The first-order valence-corrected chi connectivity index (χ1v) is 14.1. The van der Waals surface area contributed by atoms with Gasteiger partial charge < -0.3 is 14.5 Å². The molecule has 1 aromatic carbocycles. The molecule has 2 aliphatic rings. The Morgan fingerprint density at radius 3 is 2.73 bits per heavy atom. The number of morpholine rings is 1. The molecule has 37 heavy (non-hydrogen) atoms. The number of piperidine rings is 1. The lowest BCUT2D eigenvalue weighted by Gasteiger charge is -2.41. The van der Waals surface area contributed by atoms with Crippen LogP contribution in [0, 0.1) is 18.3 Å². The Balaban J connectivity index is 0.00000336. The van der Waals surface area contributed by atoms with Gasteiger partial charge in [0.2, 0.25) is 10.0 Å². The van der Waals surface area contributed by atoms with Crippen molar-refractivity contribution in [2.45, 2.75) is 49.8 Å². The second-order valence-electron chi connectivity index (χ2n) is 10.1. The van der Waals surface area contributed by atoms with Gasteiger partial charge in [-0.2, -0.15) is 10.4 Å². The molecule has 11 heteroatoms. The topological polar surface area (TPSA) is 116 Å². The number of nitrogens with one attached hydrogen (secondary N) is 1. The molecule has 0 saturated carbocycles. The number of benzene rings is 1. The van der Waals surface area contributed by atoms with E-state index in [0.29, 0.717) is 11.3 Å². The van der Waals surface area contributed by atoms with E-state index in [4.69, 9.17) is 4.74 Å². The molecule has 0 spiro atoms. The molecule has 2 aromatic heterocycles. The number of aryl methyl sites for hydroxylation is 2. The minimum absolute atomic E-state index is 0. The summed E-state index contributed by atoms with van der Waals surface area (Å²) in [5.41, 5.74) is 2.88. The van der Waals surface area contributed by atoms with Gasteiger partial charge >= 0.3 is 0 Å². The number of nitrogens with zero attached hydrogens (tertiary/aromatic N) is 6. The van der Waals surface area contributed by atoms with Gasteiger partial charge in [-0.15, -0.1) is 0 Å². The predicted octanol–water partition coefficient (Wildman–Crippen LogP) is 2.43. The van der Waals surface area contributed by atoms with Crippen LogP contribution in [0.25, 0.3) is 10.9 Å². The molecule has 0 unspecified atom stereocenters. The van der Waals surface area contributed by atoms with Crippen LogP contribution in [0.2, 0.25) is 0 Å². The summed E-state index contributed by atoms with van der Waals surface area (Å²) in [4.78, 5) is 9.39. The minimum Gasteiger partial charge on any atom is -0.370 e. The van der Waals surface area contributed by atoms with Crippen molar-refractivity contribution in [2.75, 3.05) is 37.6 Å². The molecule has 2 aliphatic heterocycles. The first-order valence-electron chi connectivity index (χ1n) is 12.7. The van der Waals surface area contributed by atoms with E-state index in [2.05, 4.69) is 37.6 Å². The lowest BCUT2D eigenvalue weighted by molar-refractivity contribution is -0.0350. The van der Waals surface area contributed by atoms with Crippen molar-refractivity contribution < 1.29 is 14.6 Å². The van der Waals surface area contributed by atoms with E-state index in [1.807, 2.05) is 24.3 Å². The summed E-state index contributed by atoms with van der Waals surface area (Å²) in [7, 11) is -1.87. The molecular formula is C26H35N7O3S. The fourth-order valence-electron chi connectivity index (χ4n) is 5.51. The molecule has 0 radical (unpaired) electrons. The third-order valence-electron chi connectivity index (χ3n) is 7.16. The van der Waals surface area contributed by atoms with Gasteiger partial charge in [0.05, 0.1) is 29.0 Å². The summed E-state index contributed by atoms with van der Waals surface area (Å²) < 4.78 is 36.4. The SMILES string of the molecule is Cc1nn(C)cc1S(=O)(=O)NC1CCN(C[C@H]2CN(c3ccc(C#N)c4ncccc34)C[C@@H](C)O2)CC1.[HH]. The average molecular weight is 526 g/mol. The van der Waals surface area contributed by atoms with E-state index < -0.39 is 10.0 Å². The van der Waals surface area contributed by atoms with E-state index in [1.54, 1.807) is 26.4 Å². The molecular weight excluding hydrogens is 490 g/mol. The molecule has 1 N–H and O–H groups in total. The summed E-state index contributed by atoms with van der Waals surface area (Å²) in [6, 6.07) is 9.93. The predicted molar refractivity (Wildman–Crippen MR) is 143 cm³/mol. The maximum absolute atomic E-state index is 12.8. The molecule has 0 bridgehead atoms. The number of hydrogen-bond acceptors (Lipinski definition) is 8. The van der Waals surface area contributed by atoms with Crippen molar-refractivity contribution in [3.63, 3.8) is 0 Å². The van der Waals surface area contributed by atoms with Crippen molar-refractivity contribution in [1.29, 1.82) is 5.26 Å². The van der Waals surface area contributed by atoms with Gasteiger partial charge in [-0.25, -0.2) is 13.1 Å². The zero-order valence-corrected chi connectivity index (χ0v) is 22.3. The highest BCUT2D eigenvalue weighted by Gasteiger charge is 2.31. The lowest BCUT2D eigenvalue weighted by Crippen LogP contribution is -2.53. The van der Waals surface area contributed by atoms with Crippen LogP contribution in [0.1, 0.15) is 32.4 Å². The zero-order chi connectivity index (χ0) is 26.2. The molecule has 2 saturated heterocycles. The second kappa shape index (κ2) is 10.4. The van der Waals surface area contributed by atoms with Crippen LogP contribution in [0.5, 0.6) is 0 Å². The summed E-state index contributed by atoms with van der Waals surface area (Å²) in [6.45, 7) is 7.70. The summed E-state index contributed by atoms with van der Waals surface area (Å²) in [5, 5.41) is 14.6. The molecule has 4 heterocycles. The van der Waals surface area contributed by atoms with Gasteiger partial charge in [0.1, 0.15) is 11.0 Å². The number of nitriles is 1. The first kappa shape index (κ1) is 25.6. The van der Waals surface area contributed by atoms with Crippen molar-refractivity contribution in [1.82, 2.24) is 24.4 Å². The van der Waals surface area contributed by atoms with E-state index in [1.165, 1.54) is 4.68 Å². The second-order valence-corrected chi connectivity index (χ2v) is 11.7. The number of aromatic nitrogens is 3. The Morgan fingerprint density at radius 1 is 1.24 bits per heavy atom. The maximum Gasteiger partial charge on any atom is 0.244 e. The normalized spacial score (nSPS) is 21.8. The van der Waals surface area contributed by atoms with Crippen LogP contribution in [0.3, 0.4) is 0 Å². The number of anilines is 1. The van der Waals surface area contributed by atoms with Crippen LogP contribution in [0.4, 0.5) is 5.69 Å². The third kappa shape index (κ3) is 5.48. The van der Waals surface area contributed by atoms with Crippen molar-refractivity contribution >= 4 is 26.6 Å². The highest BCUT2D eigenvalue weighted by atomic mass is 32.2. The smallest absolute Gasteiger partial charge is 0.244 e. The van der Waals surface area contributed by atoms with Crippen molar-refractivity contribution in [3.8, 4) is 6.07 Å². The van der Waals surface area contributed by atoms with Crippen LogP contribution < -0.4 is 9.62 Å². The molecule has 0 amide bonds. The maximum atomic E-state index is 12.8. The zero-order valence-electron chi connectivity index (χ0n) is 21.5. The highest BCUT2D eigenvalue weighted by Crippen LogP contribution is 2.30. The Bertz CT molecular complexity index is 1430. The molecule has 0 aliphatic carbocycles. The average Bonchev–Trinajstić information content (AvgIpc) is 3.22. The fourth-order valence-corrected chi connectivity index (χ4v) is 7.03. The van der Waals surface area contributed by atoms with E-state index >= 15 is 0 Å². The third-order valence-corrected chi connectivity index (χ3v) is 8.79. The first-order chi connectivity index (χ1) is 17.7. The number of ether oxygens (including phenoxy) is 1. The van der Waals surface area contributed by atoms with Gasteiger partial charge in [0.25, 0.3) is 0 Å². The fraction of sp³-hybridized carbons (Fsp3) is 0.500. The van der Waals surface area contributed by atoms with Crippen LogP contribution >= 0.6 is 0 Å². The number of likely N-dealkylation sites (tertiary alicyclic amines) is 1. The Kier molecular flexibility index (Phi) is 7.18. The quantitative estimate of drug-likeness (QED) is 0.522. The van der Waals surface area contributed by atoms with Crippen molar-refractivity contribution in [2.24, 2.45) is 7.05 Å². The summed E-state index contributed by atoms with van der Waals surface area (Å²) in [6.07, 6.45) is 4.85.